The average Bonchev–Trinajstić information content (AvgIpc) is 3.41. The maximum absolute atomic E-state index is 6.66. The van der Waals surface area contributed by atoms with Gasteiger partial charge < -0.3 is 4.74 Å². The Hall–Kier alpha value is -6.20. The normalized spacial score (nSPS) is 15.7. The highest BCUT2D eigenvalue weighted by Crippen LogP contribution is 2.62. The fourth-order valence-corrected chi connectivity index (χ4v) is 7.41. The Morgan fingerprint density at radius 1 is 0.413 bits per heavy atom. The molecule has 1 unspecified atom stereocenters. The van der Waals surface area contributed by atoms with Crippen molar-refractivity contribution in [1.82, 2.24) is 19.9 Å². The monoisotopic (exact) mass is 588 g/mol. The van der Waals surface area contributed by atoms with Crippen LogP contribution in [0.5, 0.6) is 11.5 Å². The van der Waals surface area contributed by atoms with Gasteiger partial charge in [-0.3, -0.25) is 9.97 Å². The molecule has 0 saturated heterocycles. The van der Waals surface area contributed by atoms with Gasteiger partial charge in [0.25, 0.3) is 0 Å². The quantitative estimate of drug-likeness (QED) is 0.201. The van der Waals surface area contributed by atoms with E-state index in [0.717, 1.165) is 67.2 Å². The molecular formula is C41H24N4O. The Kier molecular flexibility index (Phi) is 5.14. The summed E-state index contributed by atoms with van der Waals surface area (Å²) in [6.45, 7) is 0. The first-order chi connectivity index (χ1) is 22.8. The number of rotatable bonds is 2. The number of benzene rings is 6. The molecule has 46 heavy (non-hydrogen) atoms. The zero-order valence-electron chi connectivity index (χ0n) is 24.6. The van der Waals surface area contributed by atoms with Crippen molar-refractivity contribution < 1.29 is 4.74 Å². The van der Waals surface area contributed by atoms with Crippen LogP contribution in [0.4, 0.5) is 0 Å². The Morgan fingerprint density at radius 3 is 1.65 bits per heavy atom. The van der Waals surface area contributed by atoms with Crippen molar-refractivity contribution in [3.8, 4) is 45.1 Å². The molecule has 0 fully saturated rings. The summed E-state index contributed by atoms with van der Waals surface area (Å²) in [5.41, 5.74) is 13.6. The van der Waals surface area contributed by atoms with Gasteiger partial charge in [-0.1, -0.05) is 78.9 Å². The molecule has 2 aliphatic rings. The van der Waals surface area contributed by atoms with Crippen LogP contribution in [0, 0.1) is 0 Å². The molecule has 3 heterocycles. The average molecular weight is 589 g/mol. The van der Waals surface area contributed by atoms with E-state index < -0.39 is 5.41 Å². The second kappa shape index (κ2) is 9.40. The molecule has 1 aliphatic carbocycles. The van der Waals surface area contributed by atoms with Gasteiger partial charge in [-0.2, -0.15) is 0 Å². The van der Waals surface area contributed by atoms with E-state index in [4.69, 9.17) is 24.7 Å². The predicted molar refractivity (Wildman–Crippen MR) is 181 cm³/mol. The Balaban J connectivity index is 1.26. The Labute approximate surface area is 264 Å². The number of ether oxygens (including phenoxy) is 1. The molecule has 214 valence electrons. The van der Waals surface area contributed by atoms with Gasteiger partial charge in [0.15, 0.2) is 0 Å². The van der Waals surface area contributed by atoms with Crippen LogP contribution in [-0.2, 0) is 5.41 Å². The van der Waals surface area contributed by atoms with E-state index in [1.165, 1.54) is 22.3 Å². The molecular weight excluding hydrogens is 564 g/mol. The fraction of sp³-hybridized carbons (Fsp3) is 0.0244. The third-order valence-corrected chi connectivity index (χ3v) is 9.43. The highest BCUT2D eigenvalue weighted by Gasteiger charge is 2.51. The summed E-state index contributed by atoms with van der Waals surface area (Å²) < 4.78 is 6.66. The lowest BCUT2D eigenvalue weighted by Gasteiger charge is -2.39. The summed E-state index contributed by atoms with van der Waals surface area (Å²) in [5, 5.41) is 0. The largest absolute Gasteiger partial charge is 0.457 e. The third-order valence-electron chi connectivity index (χ3n) is 9.43. The van der Waals surface area contributed by atoms with Crippen LogP contribution >= 0.6 is 0 Å². The van der Waals surface area contributed by atoms with Crippen molar-refractivity contribution in [2.75, 3.05) is 0 Å². The highest BCUT2D eigenvalue weighted by molar-refractivity contribution is 5.91. The molecule has 1 spiro atoms. The minimum atomic E-state index is -0.628. The van der Waals surface area contributed by atoms with Crippen molar-refractivity contribution in [2.45, 2.75) is 5.41 Å². The molecule has 10 rings (SSSR count). The van der Waals surface area contributed by atoms with E-state index in [-0.39, 0.29) is 0 Å². The predicted octanol–water partition coefficient (Wildman–Crippen LogP) is 9.38. The van der Waals surface area contributed by atoms with Crippen LogP contribution in [0.3, 0.4) is 0 Å². The van der Waals surface area contributed by atoms with Gasteiger partial charge in [-0.15, -0.1) is 0 Å². The van der Waals surface area contributed by atoms with Gasteiger partial charge in [0, 0.05) is 22.3 Å². The first kappa shape index (κ1) is 25.2. The molecule has 1 atom stereocenters. The summed E-state index contributed by atoms with van der Waals surface area (Å²) in [5.74, 6) is 1.68. The smallest absolute Gasteiger partial charge is 0.132 e. The van der Waals surface area contributed by atoms with Gasteiger partial charge in [0.05, 0.1) is 51.3 Å². The lowest BCUT2D eigenvalue weighted by atomic mass is 9.65. The first-order valence-electron chi connectivity index (χ1n) is 15.4. The Bertz CT molecular complexity index is 2540. The SMILES string of the molecule is c1ccc2c(c1)Oc1ccc(-c3cnc4ccccc4n3)cc1C21c2ccccc2-c2ccc(-c3cnc4ccccc4n3)cc21. The second-order valence-corrected chi connectivity index (χ2v) is 11.9. The van der Waals surface area contributed by atoms with E-state index >= 15 is 0 Å². The van der Waals surface area contributed by atoms with E-state index in [2.05, 4.69) is 78.9 Å². The number of aromatic nitrogens is 4. The van der Waals surface area contributed by atoms with Gasteiger partial charge >= 0.3 is 0 Å². The molecule has 5 nitrogen and oxygen atoms in total. The van der Waals surface area contributed by atoms with E-state index in [9.17, 15) is 0 Å². The molecule has 5 heteroatoms. The summed E-state index contributed by atoms with van der Waals surface area (Å²) in [6.07, 6.45) is 3.74. The zero-order chi connectivity index (χ0) is 30.2. The molecule has 0 radical (unpaired) electrons. The number of hydrogen-bond donors (Lipinski definition) is 0. The van der Waals surface area contributed by atoms with Gasteiger partial charge in [-0.25, -0.2) is 9.97 Å². The van der Waals surface area contributed by atoms with E-state index in [1.807, 2.05) is 67.0 Å². The molecule has 0 saturated carbocycles. The maximum atomic E-state index is 6.66. The molecule has 6 aromatic carbocycles. The highest BCUT2D eigenvalue weighted by atomic mass is 16.5. The molecule has 8 aromatic rings. The van der Waals surface area contributed by atoms with Gasteiger partial charge in [-0.05, 0) is 76.9 Å². The van der Waals surface area contributed by atoms with Crippen LogP contribution in [-0.4, -0.2) is 19.9 Å². The first-order valence-corrected chi connectivity index (χ1v) is 15.4. The number of hydrogen-bond acceptors (Lipinski definition) is 5. The molecule has 0 bridgehead atoms. The van der Waals surface area contributed by atoms with Gasteiger partial charge in [0.2, 0.25) is 0 Å². The molecule has 1 aliphatic heterocycles. The lowest BCUT2D eigenvalue weighted by Crippen LogP contribution is -2.32. The standard InChI is InChI=1S/C41H24N4O/c1-2-10-29-27(9-1)28-19-17-25(37-23-42-33-12-4-6-14-35(33)44-37)21-31(28)41(29)30-11-3-8-16-39(30)46-40-20-18-26(22-32(40)41)38-24-43-34-13-5-7-15-36(34)45-38/h1-24H. The topological polar surface area (TPSA) is 60.8 Å². The van der Waals surface area contributed by atoms with Crippen LogP contribution in [0.1, 0.15) is 22.3 Å². The molecule has 2 aromatic heterocycles. The van der Waals surface area contributed by atoms with Crippen LogP contribution in [0.25, 0.3) is 55.7 Å². The van der Waals surface area contributed by atoms with Gasteiger partial charge in [0.1, 0.15) is 11.5 Å². The summed E-state index contributed by atoms with van der Waals surface area (Å²) >= 11 is 0. The number of fused-ring (bicyclic) bond motifs is 11. The maximum Gasteiger partial charge on any atom is 0.132 e. The van der Waals surface area contributed by atoms with Crippen LogP contribution < -0.4 is 4.74 Å². The van der Waals surface area contributed by atoms with Crippen LogP contribution in [0.2, 0.25) is 0 Å². The van der Waals surface area contributed by atoms with Crippen molar-refractivity contribution in [2.24, 2.45) is 0 Å². The summed E-state index contributed by atoms with van der Waals surface area (Å²) in [4.78, 5) is 19.5. The number of nitrogens with zero attached hydrogens (tertiary/aromatic N) is 4. The minimum Gasteiger partial charge on any atom is -0.457 e. The second-order valence-electron chi connectivity index (χ2n) is 11.9. The van der Waals surface area contributed by atoms with Crippen molar-refractivity contribution in [1.29, 1.82) is 0 Å². The summed E-state index contributed by atoms with van der Waals surface area (Å²) in [6, 6.07) is 46.3. The van der Waals surface area contributed by atoms with Crippen molar-refractivity contribution in [3.05, 3.63) is 168 Å². The third kappa shape index (κ3) is 3.45. The van der Waals surface area contributed by atoms with Crippen molar-refractivity contribution in [3.63, 3.8) is 0 Å². The van der Waals surface area contributed by atoms with Crippen molar-refractivity contribution >= 4 is 22.1 Å². The summed E-state index contributed by atoms with van der Waals surface area (Å²) in [7, 11) is 0. The lowest BCUT2D eigenvalue weighted by molar-refractivity contribution is 0.436. The zero-order valence-corrected chi connectivity index (χ0v) is 24.6. The Morgan fingerprint density at radius 2 is 0.935 bits per heavy atom. The molecule has 0 N–H and O–H groups in total. The molecule has 0 amide bonds. The van der Waals surface area contributed by atoms with E-state index in [1.54, 1.807) is 0 Å². The number of para-hydroxylation sites is 5. The minimum absolute atomic E-state index is 0.628. The van der Waals surface area contributed by atoms with E-state index in [0.29, 0.717) is 0 Å². The fourth-order valence-electron chi connectivity index (χ4n) is 7.41. The van der Waals surface area contributed by atoms with Crippen LogP contribution in [0.15, 0.2) is 146 Å².